The van der Waals surface area contributed by atoms with Crippen LogP contribution in [0.1, 0.15) is 5.69 Å². The normalized spacial score (nSPS) is 10.2. The lowest BCUT2D eigenvalue weighted by molar-refractivity contribution is -0.127. The Labute approximate surface area is 105 Å². The average Bonchev–Trinajstić information content (AvgIpc) is 2.22. The molecule has 94 valence electrons. The third kappa shape index (κ3) is 3.20. The van der Waals surface area contributed by atoms with E-state index in [-0.39, 0.29) is 17.7 Å². The van der Waals surface area contributed by atoms with Crippen molar-refractivity contribution in [2.75, 3.05) is 38.3 Å². The number of halogens is 1. The summed E-state index contributed by atoms with van der Waals surface area (Å²) >= 11 is 5.77. The molecule has 0 bridgehead atoms. The van der Waals surface area contributed by atoms with Crippen LogP contribution in [0, 0.1) is 6.92 Å². The second-order valence-electron chi connectivity index (χ2n) is 3.96. The Balaban J connectivity index is 2.96. The number of aryl methyl sites for hydroxylation is 1. The van der Waals surface area contributed by atoms with E-state index in [1.165, 1.54) is 4.90 Å². The van der Waals surface area contributed by atoms with Crippen LogP contribution in [0.5, 0.6) is 0 Å². The number of carbonyl (C=O) groups is 1. The van der Waals surface area contributed by atoms with Gasteiger partial charge < -0.3 is 15.5 Å². The quantitative estimate of drug-likeness (QED) is 0.800. The van der Waals surface area contributed by atoms with Crippen LogP contribution in [-0.2, 0) is 4.79 Å². The fourth-order valence-electron chi connectivity index (χ4n) is 1.24. The number of anilines is 2. The van der Waals surface area contributed by atoms with Gasteiger partial charge in [-0.3, -0.25) is 4.79 Å². The van der Waals surface area contributed by atoms with Crippen molar-refractivity contribution < 1.29 is 4.79 Å². The number of aromatic nitrogens is 2. The molecule has 17 heavy (non-hydrogen) atoms. The molecule has 1 heterocycles. The molecule has 1 rings (SSSR count). The largest absolute Gasteiger partial charge is 0.394 e. The number of hydrogen-bond acceptors (Lipinski definition) is 5. The van der Waals surface area contributed by atoms with Crippen molar-refractivity contribution in [3.63, 3.8) is 0 Å². The average molecular weight is 258 g/mol. The predicted molar refractivity (Wildman–Crippen MR) is 68.2 cm³/mol. The molecule has 6 nitrogen and oxygen atoms in total. The number of nitrogen functional groups attached to an aromatic ring is 1. The standard InChI is InChI=1S/C10H16ClN5O/c1-6-8(12)9(14-10(11)13-6)16(4)5-7(17)15(2)3/h5,12H2,1-4H3. The molecule has 0 unspecified atom stereocenters. The first-order chi connectivity index (χ1) is 7.82. The van der Waals surface area contributed by atoms with Crippen LogP contribution in [0.3, 0.4) is 0 Å². The number of amides is 1. The second-order valence-corrected chi connectivity index (χ2v) is 4.30. The maximum atomic E-state index is 11.6. The van der Waals surface area contributed by atoms with Crippen LogP contribution in [0.2, 0.25) is 5.28 Å². The molecule has 0 aliphatic rings. The highest BCUT2D eigenvalue weighted by molar-refractivity contribution is 6.28. The highest BCUT2D eigenvalue weighted by Crippen LogP contribution is 2.23. The summed E-state index contributed by atoms with van der Waals surface area (Å²) < 4.78 is 0. The van der Waals surface area contributed by atoms with E-state index in [9.17, 15) is 4.79 Å². The fourth-order valence-corrected chi connectivity index (χ4v) is 1.45. The van der Waals surface area contributed by atoms with Crippen LogP contribution in [0.4, 0.5) is 11.5 Å². The Kier molecular flexibility index (Phi) is 4.11. The zero-order valence-corrected chi connectivity index (χ0v) is 11.1. The van der Waals surface area contributed by atoms with E-state index in [1.807, 2.05) is 0 Å². The van der Waals surface area contributed by atoms with Gasteiger partial charge in [-0.1, -0.05) is 0 Å². The van der Waals surface area contributed by atoms with Crippen molar-refractivity contribution in [3.8, 4) is 0 Å². The molecule has 1 aromatic rings. The Hall–Kier alpha value is -1.56. The van der Waals surface area contributed by atoms with Gasteiger partial charge in [0.05, 0.1) is 17.9 Å². The summed E-state index contributed by atoms with van der Waals surface area (Å²) in [5, 5.41) is 0.121. The zero-order valence-electron chi connectivity index (χ0n) is 10.4. The van der Waals surface area contributed by atoms with Crippen LogP contribution in [0.15, 0.2) is 0 Å². The zero-order chi connectivity index (χ0) is 13.2. The van der Waals surface area contributed by atoms with Gasteiger partial charge in [0.25, 0.3) is 0 Å². The first kappa shape index (κ1) is 13.5. The van der Waals surface area contributed by atoms with E-state index >= 15 is 0 Å². The molecule has 1 aromatic heterocycles. The van der Waals surface area contributed by atoms with Gasteiger partial charge in [0.15, 0.2) is 5.82 Å². The topological polar surface area (TPSA) is 75.4 Å². The second kappa shape index (κ2) is 5.18. The first-order valence-electron chi connectivity index (χ1n) is 5.03. The molecule has 0 radical (unpaired) electrons. The summed E-state index contributed by atoms with van der Waals surface area (Å²) in [5.41, 5.74) is 6.89. The molecule has 2 N–H and O–H groups in total. The summed E-state index contributed by atoms with van der Waals surface area (Å²) in [6.45, 7) is 1.93. The van der Waals surface area contributed by atoms with Crippen molar-refractivity contribution in [1.29, 1.82) is 0 Å². The summed E-state index contributed by atoms with van der Waals surface area (Å²) in [6, 6.07) is 0. The molecule has 0 atom stereocenters. The van der Waals surface area contributed by atoms with E-state index < -0.39 is 0 Å². The molecular formula is C10H16ClN5O. The molecule has 0 saturated heterocycles. The number of likely N-dealkylation sites (N-methyl/N-ethyl adjacent to an activating group) is 2. The van der Waals surface area contributed by atoms with Crippen molar-refractivity contribution in [3.05, 3.63) is 11.0 Å². The minimum absolute atomic E-state index is 0.0423. The van der Waals surface area contributed by atoms with Crippen LogP contribution >= 0.6 is 11.6 Å². The maximum absolute atomic E-state index is 11.6. The SMILES string of the molecule is Cc1nc(Cl)nc(N(C)CC(=O)N(C)C)c1N. The maximum Gasteiger partial charge on any atom is 0.241 e. The van der Waals surface area contributed by atoms with Gasteiger partial charge >= 0.3 is 0 Å². The summed E-state index contributed by atoms with van der Waals surface area (Å²) in [4.78, 5) is 22.7. The van der Waals surface area contributed by atoms with E-state index in [0.717, 1.165) is 0 Å². The molecule has 0 aliphatic carbocycles. The number of nitrogens with zero attached hydrogens (tertiary/aromatic N) is 4. The van der Waals surface area contributed by atoms with Gasteiger partial charge in [-0.15, -0.1) is 0 Å². The molecule has 0 fully saturated rings. The number of carbonyl (C=O) groups excluding carboxylic acids is 1. The summed E-state index contributed by atoms with van der Waals surface area (Å²) in [6.07, 6.45) is 0. The molecule has 0 aliphatic heterocycles. The number of nitrogens with two attached hydrogens (primary N) is 1. The lowest BCUT2D eigenvalue weighted by Gasteiger charge is -2.21. The highest BCUT2D eigenvalue weighted by Gasteiger charge is 2.15. The van der Waals surface area contributed by atoms with Crippen LogP contribution in [-0.4, -0.2) is 48.5 Å². The van der Waals surface area contributed by atoms with Crippen molar-refractivity contribution >= 4 is 29.0 Å². The van der Waals surface area contributed by atoms with Crippen LogP contribution in [0.25, 0.3) is 0 Å². The Morgan fingerprint density at radius 2 is 1.94 bits per heavy atom. The lowest BCUT2D eigenvalue weighted by Crippen LogP contribution is -2.35. The number of hydrogen-bond donors (Lipinski definition) is 1. The predicted octanol–water partition coefficient (Wildman–Crippen LogP) is 0.545. The third-order valence-electron chi connectivity index (χ3n) is 2.32. The molecular weight excluding hydrogens is 242 g/mol. The van der Waals surface area contributed by atoms with Crippen LogP contribution < -0.4 is 10.6 Å². The Morgan fingerprint density at radius 1 is 1.35 bits per heavy atom. The van der Waals surface area contributed by atoms with E-state index in [1.54, 1.807) is 33.0 Å². The minimum Gasteiger partial charge on any atom is -0.394 e. The number of rotatable bonds is 3. The first-order valence-corrected chi connectivity index (χ1v) is 5.41. The van der Waals surface area contributed by atoms with E-state index in [4.69, 9.17) is 17.3 Å². The monoisotopic (exact) mass is 257 g/mol. The van der Waals surface area contributed by atoms with Gasteiger partial charge in [0.2, 0.25) is 11.2 Å². The van der Waals surface area contributed by atoms with Crippen molar-refractivity contribution in [2.45, 2.75) is 6.92 Å². The van der Waals surface area contributed by atoms with Gasteiger partial charge in [-0.25, -0.2) is 4.98 Å². The van der Waals surface area contributed by atoms with Gasteiger partial charge in [0, 0.05) is 21.1 Å². The molecule has 7 heteroatoms. The van der Waals surface area contributed by atoms with E-state index in [0.29, 0.717) is 17.2 Å². The molecule has 0 spiro atoms. The summed E-state index contributed by atoms with van der Waals surface area (Å²) in [7, 11) is 5.12. The Bertz CT molecular complexity index is 435. The third-order valence-corrected chi connectivity index (χ3v) is 2.49. The molecule has 1 amide bonds. The highest BCUT2D eigenvalue weighted by atomic mass is 35.5. The van der Waals surface area contributed by atoms with Crippen molar-refractivity contribution in [2.24, 2.45) is 0 Å². The lowest BCUT2D eigenvalue weighted by atomic mass is 10.3. The summed E-state index contributed by atoms with van der Waals surface area (Å²) in [5.74, 6) is 0.428. The van der Waals surface area contributed by atoms with Gasteiger partial charge in [0.1, 0.15) is 0 Å². The van der Waals surface area contributed by atoms with Crippen molar-refractivity contribution in [1.82, 2.24) is 14.9 Å². The molecule has 0 aromatic carbocycles. The fraction of sp³-hybridized carbons (Fsp3) is 0.500. The van der Waals surface area contributed by atoms with Gasteiger partial charge in [-0.2, -0.15) is 4.98 Å². The Morgan fingerprint density at radius 3 is 2.47 bits per heavy atom. The minimum atomic E-state index is -0.0423. The van der Waals surface area contributed by atoms with Gasteiger partial charge in [-0.05, 0) is 18.5 Å². The van der Waals surface area contributed by atoms with E-state index in [2.05, 4.69) is 9.97 Å². The molecule has 0 saturated carbocycles. The smallest absolute Gasteiger partial charge is 0.241 e.